The van der Waals surface area contributed by atoms with E-state index in [1.54, 1.807) is 0 Å². The van der Waals surface area contributed by atoms with Crippen LogP contribution in [0.5, 0.6) is 0 Å². The number of amides is 1. The molecule has 0 aliphatic carbocycles. The summed E-state index contributed by atoms with van der Waals surface area (Å²) in [4.78, 5) is 21.4. The number of carbonyl (C=O) groups is 2. The predicted molar refractivity (Wildman–Crippen MR) is 54.2 cm³/mol. The van der Waals surface area contributed by atoms with E-state index in [1.165, 1.54) is 0 Å². The fourth-order valence-electron chi connectivity index (χ4n) is 0.990. The van der Waals surface area contributed by atoms with Crippen LogP contribution in [-0.2, 0) is 9.59 Å². The topological polar surface area (TPSA) is 113 Å². The number of aliphatic hydroxyl groups is 1. The molecular weight excluding hydrogens is 200 g/mol. The van der Waals surface area contributed by atoms with Gasteiger partial charge in [0.25, 0.3) is 0 Å². The molecule has 1 unspecified atom stereocenters. The van der Waals surface area contributed by atoms with E-state index in [0.717, 1.165) is 0 Å². The summed E-state index contributed by atoms with van der Waals surface area (Å²) in [6.45, 7) is 0.557. The minimum Gasteiger partial charge on any atom is -0.481 e. The molecule has 6 nitrogen and oxygen atoms in total. The summed E-state index contributed by atoms with van der Waals surface area (Å²) in [6.07, 6.45) is 1.35. The van der Waals surface area contributed by atoms with E-state index < -0.39 is 12.0 Å². The van der Waals surface area contributed by atoms with Gasteiger partial charge in [-0.2, -0.15) is 0 Å². The molecular formula is C9H18N2O4. The number of hydrogen-bond acceptors (Lipinski definition) is 4. The number of aliphatic hydroxyl groups excluding tert-OH is 1. The molecule has 0 aromatic carbocycles. The maximum atomic E-state index is 11.2. The Balaban J connectivity index is 3.55. The summed E-state index contributed by atoms with van der Waals surface area (Å²) in [5.41, 5.74) is 5.46. The van der Waals surface area contributed by atoms with Crippen molar-refractivity contribution in [3.8, 4) is 0 Å². The number of carboxylic acid groups (broad SMARTS) is 1. The Morgan fingerprint density at radius 1 is 1.33 bits per heavy atom. The SMILES string of the molecule is NC(CCC(=O)O)C(=O)NCCCCO. The number of unbranched alkanes of at least 4 members (excludes halogenated alkanes) is 1. The highest BCUT2D eigenvalue weighted by atomic mass is 16.4. The van der Waals surface area contributed by atoms with E-state index in [4.69, 9.17) is 15.9 Å². The first-order valence-electron chi connectivity index (χ1n) is 4.94. The van der Waals surface area contributed by atoms with Gasteiger partial charge in [-0.15, -0.1) is 0 Å². The van der Waals surface area contributed by atoms with Gasteiger partial charge < -0.3 is 21.3 Å². The fourth-order valence-corrected chi connectivity index (χ4v) is 0.990. The maximum Gasteiger partial charge on any atom is 0.303 e. The van der Waals surface area contributed by atoms with Gasteiger partial charge in [0.05, 0.1) is 6.04 Å². The van der Waals surface area contributed by atoms with Crippen molar-refractivity contribution in [1.29, 1.82) is 0 Å². The van der Waals surface area contributed by atoms with Crippen LogP contribution >= 0.6 is 0 Å². The number of aliphatic carboxylic acids is 1. The van der Waals surface area contributed by atoms with Crippen LogP contribution in [-0.4, -0.2) is 41.3 Å². The molecule has 0 aromatic heterocycles. The van der Waals surface area contributed by atoms with E-state index in [0.29, 0.717) is 19.4 Å². The average Bonchev–Trinajstić information content (AvgIpc) is 2.20. The first-order chi connectivity index (χ1) is 7.07. The number of carboxylic acids is 1. The van der Waals surface area contributed by atoms with Crippen LogP contribution in [0.4, 0.5) is 0 Å². The highest BCUT2D eigenvalue weighted by Crippen LogP contribution is 1.95. The zero-order valence-electron chi connectivity index (χ0n) is 8.61. The Labute approximate surface area is 88.5 Å². The zero-order chi connectivity index (χ0) is 11.7. The summed E-state index contributed by atoms with van der Waals surface area (Å²) in [5.74, 6) is -1.30. The Hall–Kier alpha value is -1.14. The minimum atomic E-state index is -0.960. The number of nitrogens with one attached hydrogen (secondary N) is 1. The monoisotopic (exact) mass is 218 g/mol. The largest absolute Gasteiger partial charge is 0.481 e. The lowest BCUT2D eigenvalue weighted by Crippen LogP contribution is -2.41. The standard InChI is InChI=1S/C9H18N2O4/c10-7(3-4-8(13)14)9(15)11-5-1-2-6-12/h7,12H,1-6,10H2,(H,11,15)(H,13,14). The van der Waals surface area contributed by atoms with E-state index >= 15 is 0 Å². The van der Waals surface area contributed by atoms with E-state index in [2.05, 4.69) is 5.32 Å². The second kappa shape index (κ2) is 8.19. The first kappa shape index (κ1) is 13.9. The summed E-state index contributed by atoms with van der Waals surface area (Å²) >= 11 is 0. The maximum absolute atomic E-state index is 11.2. The molecule has 1 atom stereocenters. The van der Waals surface area contributed by atoms with Crippen molar-refractivity contribution in [2.45, 2.75) is 31.7 Å². The summed E-state index contributed by atoms with van der Waals surface area (Å²) in [7, 11) is 0. The third-order valence-electron chi connectivity index (χ3n) is 1.89. The van der Waals surface area contributed by atoms with Crippen LogP contribution in [0, 0.1) is 0 Å². The lowest BCUT2D eigenvalue weighted by atomic mass is 10.1. The molecule has 6 heteroatoms. The van der Waals surface area contributed by atoms with Crippen LogP contribution in [0.25, 0.3) is 0 Å². The van der Waals surface area contributed by atoms with Crippen LogP contribution < -0.4 is 11.1 Å². The molecule has 0 saturated heterocycles. The van der Waals surface area contributed by atoms with Gasteiger partial charge in [0.1, 0.15) is 0 Å². The smallest absolute Gasteiger partial charge is 0.303 e. The molecule has 0 heterocycles. The quantitative estimate of drug-likeness (QED) is 0.393. The first-order valence-corrected chi connectivity index (χ1v) is 4.94. The molecule has 0 saturated carbocycles. The van der Waals surface area contributed by atoms with Crippen molar-refractivity contribution in [3.05, 3.63) is 0 Å². The van der Waals surface area contributed by atoms with Crippen LogP contribution in [0.3, 0.4) is 0 Å². The van der Waals surface area contributed by atoms with E-state index in [9.17, 15) is 9.59 Å². The average molecular weight is 218 g/mol. The van der Waals surface area contributed by atoms with Gasteiger partial charge in [-0.3, -0.25) is 9.59 Å². The molecule has 88 valence electrons. The highest BCUT2D eigenvalue weighted by molar-refractivity contribution is 5.82. The van der Waals surface area contributed by atoms with E-state index in [1.807, 2.05) is 0 Å². The number of nitrogens with two attached hydrogens (primary N) is 1. The number of rotatable bonds is 8. The molecule has 0 fully saturated rings. The number of carbonyl (C=O) groups excluding carboxylic acids is 1. The van der Waals surface area contributed by atoms with Crippen LogP contribution in [0.1, 0.15) is 25.7 Å². The molecule has 0 aliphatic rings. The van der Waals surface area contributed by atoms with Gasteiger partial charge in [-0.1, -0.05) is 0 Å². The lowest BCUT2D eigenvalue weighted by Gasteiger charge is -2.10. The lowest BCUT2D eigenvalue weighted by molar-refractivity contribution is -0.137. The number of hydrogen-bond donors (Lipinski definition) is 4. The van der Waals surface area contributed by atoms with Crippen molar-refractivity contribution in [1.82, 2.24) is 5.32 Å². The zero-order valence-corrected chi connectivity index (χ0v) is 8.61. The normalized spacial score (nSPS) is 12.1. The molecule has 0 spiro atoms. The Kier molecular flexibility index (Phi) is 7.57. The van der Waals surface area contributed by atoms with Crippen molar-refractivity contribution in [2.24, 2.45) is 5.73 Å². The van der Waals surface area contributed by atoms with E-state index in [-0.39, 0.29) is 25.4 Å². The van der Waals surface area contributed by atoms with Gasteiger partial charge in [0.2, 0.25) is 5.91 Å². The molecule has 15 heavy (non-hydrogen) atoms. The molecule has 0 bridgehead atoms. The Morgan fingerprint density at radius 3 is 2.53 bits per heavy atom. The van der Waals surface area contributed by atoms with Gasteiger partial charge in [-0.05, 0) is 19.3 Å². The Morgan fingerprint density at radius 2 is 2.00 bits per heavy atom. The Bertz CT molecular complexity index is 208. The van der Waals surface area contributed by atoms with Gasteiger partial charge in [-0.25, -0.2) is 0 Å². The molecule has 0 aromatic rings. The van der Waals surface area contributed by atoms with Gasteiger partial charge in [0, 0.05) is 19.6 Å². The molecule has 1 amide bonds. The van der Waals surface area contributed by atoms with Crippen molar-refractivity contribution in [3.63, 3.8) is 0 Å². The summed E-state index contributed by atoms with van der Waals surface area (Å²) in [6, 6.07) is -0.768. The summed E-state index contributed by atoms with van der Waals surface area (Å²) in [5, 5.41) is 19.4. The third-order valence-corrected chi connectivity index (χ3v) is 1.89. The van der Waals surface area contributed by atoms with Gasteiger partial charge in [0.15, 0.2) is 0 Å². The second-order valence-electron chi connectivity index (χ2n) is 3.26. The molecule has 0 aliphatic heterocycles. The summed E-state index contributed by atoms with van der Waals surface area (Å²) < 4.78 is 0. The highest BCUT2D eigenvalue weighted by Gasteiger charge is 2.13. The van der Waals surface area contributed by atoms with Crippen LogP contribution in [0.15, 0.2) is 0 Å². The predicted octanol–water partition coefficient (Wildman–Crippen LogP) is -0.933. The van der Waals surface area contributed by atoms with Crippen molar-refractivity contribution < 1.29 is 19.8 Å². The van der Waals surface area contributed by atoms with Crippen molar-refractivity contribution in [2.75, 3.05) is 13.2 Å². The van der Waals surface area contributed by atoms with Crippen LogP contribution in [0.2, 0.25) is 0 Å². The molecule has 0 radical (unpaired) electrons. The molecule has 5 N–H and O–H groups in total. The van der Waals surface area contributed by atoms with Crippen molar-refractivity contribution >= 4 is 11.9 Å². The third kappa shape index (κ3) is 7.90. The fraction of sp³-hybridized carbons (Fsp3) is 0.778. The molecule has 0 rings (SSSR count). The van der Waals surface area contributed by atoms with Gasteiger partial charge >= 0.3 is 5.97 Å². The minimum absolute atomic E-state index is 0.0982. The second-order valence-corrected chi connectivity index (χ2v) is 3.26.